The zero-order chi connectivity index (χ0) is 10.4. The second-order valence-electron chi connectivity index (χ2n) is 3.14. The monoisotopic (exact) mass is 216 g/mol. The largest absolute Gasteiger partial charge is 0.377 e. The molecule has 80 valence electrons. The van der Waals surface area contributed by atoms with E-state index >= 15 is 0 Å². The number of rotatable bonds is 2. The van der Waals surface area contributed by atoms with E-state index in [9.17, 15) is 0 Å². The molecule has 0 radical (unpaired) electrons. The van der Waals surface area contributed by atoms with Crippen LogP contribution in [-0.2, 0) is 4.74 Å². The normalized spacial score (nSPS) is 21.6. The van der Waals surface area contributed by atoms with Crippen molar-refractivity contribution in [1.82, 2.24) is 0 Å². The van der Waals surface area contributed by atoms with Crippen molar-refractivity contribution in [2.24, 2.45) is 16.5 Å². The number of guanidine groups is 1. The number of amidine groups is 1. The summed E-state index contributed by atoms with van der Waals surface area (Å²) >= 11 is 1.32. The number of aliphatic imine (C=N–C) groups is 1. The highest BCUT2D eigenvalue weighted by molar-refractivity contribution is 8.13. The van der Waals surface area contributed by atoms with Gasteiger partial charge in [0, 0.05) is 12.4 Å². The number of thioether (sulfide) groups is 1. The Morgan fingerprint density at radius 1 is 1.50 bits per heavy atom. The van der Waals surface area contributed by atoms with Gasteiger partial charge in [0.1, 0.15) is 0 Å². The average Bonchev–Trinajstić information content (AvgIpc) is 2.15. The molecule has 1 saturated heterocycles. The van der Waals surface area contributed by atoms with E-state index in [1.807, 2.05) is 0 Å². The van der Waals surface area contributed by atoms with Crippen LogP contribution in [-0.4, -0.2) is 29.6 Å². The topological polar surface area (TPSA) is 97.5 Å². The number of hydrogen-bond acceptors (Lipinski definition) is 3. The first kappa shape index (κ1) is 11.3. The Morgan fingerprint density at radius 3 is 2.86 bits per heavy atom. The van der Waals surface area contributed by atoms with E-state index in [2.05, 4.69) is 4.99 Å². The van der Waals surface area contributed by atoms with E-state index in [1.54, 1.807) is 0 Å². The second-order valence-corrected chi connectivity index (χ2v) is 4.15. The van der Waals surface area contributed by atoms with Crippen LogP contribution in [0.4, 0.5) is 0 Å². The Bertz CT molecular complexity index is 221. The number of ether oxygens (including phenoxy) is 1. The lowest BCUT2D eigenvalue weighted by Crippen LogP contribution is -2.24. The summed E-state index contributed by atoms with van der Waals surface area (Å²) in [7, 11) is 0. The standard InChI is InChI=1S/C8H16N4OS/c9-7(10)12-8(11)14-5-6-3-1-2-4-13-6/h6H,1-5H2,(H5,9,10,11,12). The molecule has 1 unspecified atom stereocenters. The zero-order valence-corrected chi connectivity index (χ0v) is 8.85. The van der Waals surface area contributed by atoms with Crippen molar-refractivity contribution in [2.45, 2.75) is 25.4 Å². The van der Waals surface area contributed by atoms with Crippen LogP contribution in [0.25, 0.3) is 0 Å². The fraction of sp³-hybridized carbons (Fsp3) is 0.750. The lowest BCUT2D eigenvalue weighted by atomic mass is 10.1. The molecule has 0 saturated carbocycles. The van der Waals surface area contributed by atoms with E-state index in [-0.39, 0.29) is 17.2 Å². The van der Waals surface area contributed by atoms with E-state index in [4.69, 9.17) is 21.6 Å². The van der Waals surface area contributed by atoms with Crippen LogP contribution in [0.2, 0.25) is 0 Å². The summed E-state index contributed by atoms with van der Waals surface area (Å²) in [4.78, 5) is 3.62. The maximum atomic E-state index is 7.40. The molecular formula is C8H16N4OS. The zero-order valence-electron chi connectivity index (χ0n) is 8.03. The molecule has 5 N–H and O–H groups in total. The lowest BCUT2D eigenvalue weighted by Gasteiger charge is -2.21. The van der Waals surface area contributed by atoms with Gasteiger partial charge in [-0.1, -0.05) is 11.8 Å². The minimum Gasteiger partial charge on any atom is -0.377 e. The molecule has 1 aliphatic heterocycles. The molecule has 0 aromatic rings. The molecule has 0 amide bonds. The molecule has 1 fully saturated rings. The van der Waals surface area contributed by atoms with E-state index < -0.39 is 0 Å². The quantitative estimate of drug-likeness (QED) is 0.462. The van der Waals surface area contributed by atoms with Gasteiger partial charge in [-0.05, 0) is 19.3 Å². The lowest BCUT2D eigenvalue weighted by molar-refractivity contribution is 0.0316. The summed E-state index contributed by atoms with van der Waals surface area (Å²) in [5.41, 5.74) is 10.3. The summed E-state index contributed by atoms with van der Waals surface area (Å²) in [6.07, 6.45) is 3.68. The van der Waals surface area contributed by atoms with Gasteiger partial charge < -0.3 is 16.2 Å². The predicted molar refractivity (Wildman–Crippen MR) is 59.6 cm³/mol. The summed E-state index contributed by atoms with van der Waals surface area (Å²) in [5.74, 6) is 0.697. The maximum absolute atomic E-state index is 7.40. The minimum absolute atomic E-state index is 0.0629. The molecule has 0 aromatic heterocycles. The molecule has 0 aliphatic carbocycles. The third-order valence-electron chi connectivity index (χ3n) is 1.91. The van der Waals surface area contributed by atoms with Crippen molar-refractivity contribution in [3.8, 4) is 0 Å². The van der Waals surface area contributed by atoms with E-state index in [0.29, 0.717) is 0 Å². The van der Waals surface area contributed by atoms with Gasteiger partial charge in [0.15, 0.2) is 11.1 Å². The smallest absolute Gasteiger partial charge is 0.193 e. The van der Waals surface area contributed by atoms with Gasteiger partial charge in [-0.25, -0.2) is 0 Å². The molecule has 1 rings (SSSR count). The molecular weight excluding hydrogens is 200 g/mol. The first-order valence-corrected chi connectivity index (χ1v) is 5.59. The second kappa shape index (κ2) is 5.87. The average molecular weight is 216 g/mol. The fourth-order valence-corrected chi connectivity index (χ4v) is 2.04. The SMILES string of the molecule is N=C(N=C(N)N)SCC1CCCCO1. The molecule has 0 spiro atoms. The van der Waals surface area contributed by atoms with Crippen molar-refractivity contribution in [3.05, 3.63) is 0 Å². The van der Waals surface area contributed by atoms with Crippen molar-refractivity contribution >= 4 is 22.9 Å². The van der Waals surface area contributed by atoms with Crippen LogP contribution in [0.3, 0.4) is 0 Å². The number of nitrogens with two attached hydrogens (primary N) is 2. The van der Waals surface area contributed by atoms with Gasteiger partial charge in [-0.15, -0.1) is 0 Å². The summed E-state index contributed by atoms with van der Waals surface area (Å²) in [5, 5.41) is 7.55. The first-order valence-electron chi connectivity index (χ1n) is 4.61. The van der Waals surface area contributed by atoms with E-state index in [1.165, 1.54) is 18.2 Å². The Morgan fingerprint density at radius 2 is 2.29 bits per heavy atom. The molecule has 5 nitrogen and oxygen atoms in total. The summed E-state index contributed by atoms with van der Waals surface area (Å²) < 4.78 is 5.50. The van der Waals surface area contributed by atoms with Crippen LogP contribution in [0.15, 0.2) is 4.99 Å². The molecule has 1 heterocycles. The highest BCUT2D eigenvalue weighted by Gasteiger charge is 2.14. The van der Waals surface area contributed by atoms with Crippen LogP contribution < -0.4 is 11.5 Å². The summed E-state index contributed by atoms with van der Waals surface area (Å²) in [6, 6.07) is 0. The number of nitrogens with zero attached hydrogens (tertiary/aromatic N) is 1. The van der Waals surface area contributed by atoms with Crippen LogP contribution >= 0.6 is 11.8 Å². The first-order chi connectivity index (χ1) is 6.68. The van der Waals surface area contributed by atoms with Gasteiger partial charge >= 0.3 is 0 Å². The third-order valence-corrected chi connectivity index (χ3v) is 2.81. The van der Waals surface area contributed by atoms with Crippen molar-refractivity contribution in [2.75, 3.05) is 12.4 Å². The van der Waals surface area contributed by atoms with E-state index in [0.717, 1.165) is 25.2 Å². The van der Waals surface area contributed by atoms with Crippen molar-refractivity contribution in [1.29, 1.82) is 5.41 Å². The van der Waals surface area contributed by atoms with Crippen molar-refractivity contribution < 1.29 is 4.74 Å². The highest BCUT2D eigenvalue weighted by atomic mass is 32.2. The highest BCUT2D eigenvalue weighted by Crippen LogP contribution is 2.17. The predicted octanol–water partition coefficient (Wildman–Crippen LogP) is 0.497. The van der Waals surface area contributed by atoms with Gasteiger partial charge in [0.25, 0.3) is 0 Å². The molecule has 1 aliphatic rings. The third kappa shape index (κ3) is 4.48. The van der Waals surface area contributed by atoms with Crippen LogP contribution in [0.5, 0.6) is 0 Å². The molecule has 6 heteroatoms. The Kier molecular flexibility index (Phi) is 4.75. The Hall–Kier alpha value is -0.750. The van der Waals surface area contributed by atoms with Crippen LogP contribution in [0.1, 0.15) is 19.3 Å². The fourth-order valence-electron chi connectivity index (χ4n) is 1.26. The molecule has 14 heavy (non-hydrogen) atoms. The maximum Gasteiger partial charge on any atom is 0.193 e. The molecule has 0 bridgehead atoms. The molecule has 1 atom stereocenters. The van der Waals surface area contributed by atoms with Gasteiger partial charge in [0.2, 0.25) is 0 Å². The number of nitrogens with one attached hydrogen (secondary N) is 1. The molecule has 0 aromatic carbocycles. The summed E-state index contributed by atoms with van der Waals surface area (Å²) in [6.45, 7) is 0.834. The van der Waals surface area contributed by atoms with Crippen molar-refractivity contribution in [3.63, 3.8) is 0 Å². The minimum atomic E-state index is -0.0629. The van der Waals surface area contributed by atoms with Gasteiger partial charge in [0.05, 0.1) is 6.10 Å². The van der Waals surface area contributed by atoms with Crippen LogP contribution in [0, 0.1) is 5.41 Å². The Labute approximate surface area is 87.8 Å². The van der Waals surface area contributed by atoms with Gasteiger partial charge in [-0.3, -0.25) is 5.41 Å². The Balaban J connectivity index is 2.19. The number of hydrogen-bond donors (Lipinski definition) is 3. The van der Waals surface area contributed by atoms with Gasteiger partial charge in [-0.2, -0.15) is 4.99 Å².